The molecule has 40 heavy (non-hydrogen) atoms. The predicted molar refractivity (Wildman–Crippen MR) is 157 cm³/mol. The number of fused-ring (bicyclic) bond motifs is 2. The van der Waals surface area contributed by atoms with Gasteiger partial charge in [0.05, 0.1) is 24.2 Å². The molecule has 2 saturated heterocycles. The highest BCUT2D eigenvalue weighted by Gasteiger charge is 2.43. The van der Waals surface area contributed by atoms with E-state index in [0.29, 0.717) is 31.8 Å². The van der Waals surface area contributed by atoms with E-state index in [9.17, 15) is 0 Å². The standard InChI is InChI=1S/C30H42N8O2/c1-7-40-30(13-10-14-37(19-30)21(4)5)28-32-24-26(35(28)6)33-29(34-27(24)36-15-17-39-18-16-36)38-23-12-9-8-11-22(23)31-25(38)20(2)3/h8-9,11-12,20-21H,7,10,13-19H2,1-6H3. The van der Waals surface area contributed by atoms with Gasteiger partial charge in [0.1, 0.15) is 17.2 Å². The second-order valence-electron chi connectivity index (χ2n) is 11.7. The van der Waals surface area contributed by atoms with Crippen LogP contribution in [0.4, 0.5) is 5.82 Å². The Morgan fingerprint density at radius 2 is 1.77 bits per heavy atom. The molecule has 3 aromatic heterocycles. The molecule has 0 radical (unpaired) electrons. The van der Waals surface area contributed by atoms with E-state index in [1.807, 2.05) is 12.1 Å². The molecular formula is C30H42N8O2. The van der Waals surface area contributed by atoms with Crippen LogP contribution in [0.5, 0.6) is 0 Å². The Labute approximate surface area is 236 Å². The molecule has 0 bridgehead atoms. The number of hydrogen-bond donors (Lipinski definition) is 0. The summed E-state index contributed by atoms with van der Waals surface area (Å²) in [6.45, 7) is 16.3. The zero-order valence-electron chi connectivity index (χ0n) is 24.7. The number of rotatable bonds is 7. The fourth-order valence-electron chi connectivity index (χ4n) is 6.32. The fourth-order valence-corrected chi connectivity index (χ4v) is 6.32. The van der Waals surface area contributed by atoms with Crippen molar-refractivity contribution in [3.63, 3.8) is 0 Å². The van der Waals surface area contributed by atoms with Crippen molar-refractivity contribution in [3.8, 4) is 5.95 Å². The summed E-state index contributed by atoms with van der Waals surface area (Å²) in [5.74, 6) is 3.54. The Bertz CT molecular complexity index is 1500. The minimum atomic E-state index is -0.500. The number of ether oxygens (including phenoxy) is 2. The molecule has 0 N–H and O–H groups in total. The summed E-state index contributed by atoms with van der Waals surface area (Å²) in [5.41, 5.74) is 3.08. The molecule has 0 aliphatic carbocycles. The number of hydrogen-bond acceptors (Lipinski definition) is 8. The normalized spacial score (nSPS) is 20.9. The molecule has 0 amide bonds. The van der Waals surface area contributed by atoms with Crippen LogP contribution in [0.15, 0.2) is 24.3 Å². The van der Waals surface area contributed by atoms with Gasteiger partial charge in [-0.15, -0.1) is 0 Å². The Morgan fingerprint density at radius 3 is 2.50 bits per heavy atom. The summed E-state index contributed by atoms with van der Waals surface area (Å²) in [5, 5.41) is 0. The molecule has 10 heteroatoms. The number of aromatic nitrogens is 6. The minimum Gasteiger partial charge on any atom is -0.378 e. The van der Waals surface area contributed by atoms with Crippen LogP contribution in [0, 0.1) is 0 Å². The number of piperidine rings is 1. The van der Waals surface area contributed by atoms with Crippen LogP contribution in [0.25, 0.3) is 28.1 Å². The zero-order valence-corrected chi connectivity index (χ0v) is 24.7. The van der Waals surface area contributed by atoms with Crippen LogP contribution in [-0.4, -0.2) is 86.0 Å². The topological polar surface area (TPSA) is 86.4 Å². The molecule has 4 aromatic rings. The number of para-hydroxylation sites is 2. The van der Waals surface area contributed by atoms with Gasteiger partial charge >= 0.3 is 0 Å². The van der Waals surface area contributed by atoms with Crippen molar-refractivity contribution < 1.29 is 9.47 Å². The average Bonchev–Trinajstić information content (AvgIpc) is 3.52. The maximum Gasteiger partial charge on any atom is 0.239 e. The van der Waals surface area contributed by atoms with E-state index in [1.165, 1.54) is 0 Å². The molecule has 2 aliphatic rings. The summed E-state index contributed by atoms with van der Waals surface area (Å²) < 4.78 is 16.6. The second kappa shape index (κ2) is 10.7. The van der Waals surface area contributed by atoms with Gasteiger partial charge in [0, 0.05) is 45.2 Å². The number of morpholine rings is 1. The van der Waals surface area contributed by atoms with E-state index >= 15 is 0 Å². The molecular weight excluding hydrogens is 504 g/mol. The monoisotopic (exact) mass is 546 g/mol. The van der Waals surface area contributed by atoms with Gasteiger partial charge in [-0.25, -0.2) is 9.97 Å². The third kappa shape index (κ3) is 4.55. The SMILES string of the molecule is CCOC1(c2nc3c(N4CCOCC4)nc(-n4c(C(C)C)nc5ccccc54)nc3n2C)CCCN(C(C)C)C1. The van der Waals surface area contributed by atoms with Crippen LogP contribution in [0.3, 0.4) is 0 Å². The van der Waals surface area contributed by atoms with Crippen molar-refractivity contribution in [2.75, 3.05) is 50.9 Å². The zero-order chi connectivity index (χ0) is 28.0. The fraction of sp³-hybridized carbons (Fsp3) is 0.600. The van der Waals surface area contributed by atoms with Gasteiger partial charge in [0.15, 0.2) is 17.0 Å². The highest BCUT2D eigenvalue weighted by molar-refractivity contribution is 5.86. The third-order valence-corrected chi connectivity index (χ3v) is 8.35. The number of nitrogens with zero attached hydrogens (tertiary/aromatic N) is 8. The van der Waals surface area contributed by atoms with Gasteiger partial charge in [0.25, 0.3) is 0 Å². The first kappa shape index (κ1) is 27.1. The van der Waals surface area contributed by atoms with E-state index in [1.54, 1.807) is 0 Å². The van der Waals surface area contributed by atoms with Crippen molar-refractivity contribution in [1.82, 2.24) is 34.0 Å². The lowest BCUT2D eigenvalue weighted by Gasteiger charge is -2.43. The van der Waals surface area contributed by atoms with Gasteiger partial charge in [-0.05, 0) is 52.3 Å². The van der Waals surface area contributed by atoms with Gasteiger partial charge in [-0.2, -0.15) is 9.97 Å². The highest BCUT2D eigenvalue weighted by atomic mass is 16.5. The number of benzene rings is 1. The molecule has 2 fully saturated rings. The van der Waals surface area contributed by atoms with Gasteiger partial charge in [-0.3, -0.25) is 9.47 Å². The van der Waals surface area contributed by atoms with E-state index in [2.05, 4.69) is 72.7 Å². The smallest absolute Gasteiger partial charge is 0.239 e. The third-order valence-electron chi connectivity index (χ3n) is 8.35. The predicted octanol–water partition coefficient (Wildman–Crippen LogP) is 4.40. The lowest BCUT2D eigenvalue weighted by molar-refractivity contribution is -0.104. The number of likely N-dealkylation sites (tertiary alicyclic amines) is 1. The summed E-state index contributed by atoms with van der Waals surface area (Å²) in [4.78, 5) is 25.5. The van der Waals surface area contributed by atoms with Crippen molar-refractivity contribution in [1.29, 1.82) is 0 Å². The van der Waals surface area contributed by atoms with Crippen LogP contribution >= 0.6 is 0 Å². The number of aryl methyl sites for hydroxylation is 1. The quantitative estimate of drug-likeness (QED) is 0.337. The lowest BCUT2D eigenvalue weighted by atomic mass is 9.90. The molecule has 1 atom stereocenters. The van der Waals surface area contributed by atoms with Gasteiger partial charge in [0.2, 0.25) is 5.95 Å². The van der Waals surface area contributed by atoms with Crippen molar-refractivity contribution in [2.24, 2.45) is 7.05 Å². The van der Waals surface area contributed by atoms with Crippen molar-refractivity contribution in [3.05, 3.63) is 35.9 Å². The Hall–Kier alpha value is -3.08. The summed E-state index contributed by atoms with van der Waals surface area (Å²) in [6.07, 6.45) is 1.99. The largest absolute Gasteiger partial charge is 0.378 e. The van der Waals surface area contributed by atoms with Crippen LogP contribution in [0.1, 0.15) is 65.0 Å². The van der Waals surface area contributed by atoms with E-state index in [0.717, 1.165) is 78.7 Å². The first-order valence-electron chi connectivity index (χ1n) is 14.8. The number of imidazole rings is 2. The Kier molecular flexibility index (Phi) is 7.27. The van der Waals surface area contributed by atoms with Gasteiger partial charge < -0.3 is 18.9 Å². The van der Waals surface area contributed by atoms with Crippen molar-refractivity contribution >= 4 is 28.0 Å². The Morgan fingerprint density at radius 1 is 1.00 bits per heavy atom. The molecule has 5 heterocycles. The first-order valence-corrected chi connectivity index (χ1v) is 14.8. The van der Waals surface area contributed by atoms with E-state index in [-0.39, 0.29) is 5.92 Å². The average molecular weight is 547 g/mol. The maximum absolute atomic E-state index is 6.62. The van der Waals surface area contributed by atoms with E-state index < -0.39 is 5.60 Å². The number of anilines is 1. The van der Waals surface area contributed by atoms with Gasteiger partial charge in [-0.1, -0.05) is 26.0 Å². The molecule has 1 aromatic carbocycles. The Balaban J connectivity index is 1.59. The van der Waals surface area contributed by atoms with Crippen LogP contribution in [0.2, 0.25) is 0 Å². The molecule has 10 nitrogen and oxygen atoms in total. The molecule has 0 saturated carbocycles. The van der Waals surface area contributed by atoms with E-state index in [4.69, 9.17) is 29.4 Å². The summed E-state index contributed by atoms with van der Waals surface area (Å²) >= 11 is 0. The summed E-state index contributed by atoms with van der Waals surface area (Å²) in [7, 11) is 2.08. The highest BCUT2D eigenvalue weighted by Crippen LogP contribution is 2.38. The van der Waals surface area contributed by atoms with Crippen LogP contribution in [-0.2, 0) is 22.1 Å². The molecule has 2 aliphatic heterocycles. The second-order valence-corrected chi connectivity index (χ2v) is 11.7. The molecule has 214 valence electrons. The van der Waals surface area contributed by atoms with Crippen LogP contribution < -0.4 is 4.90 Å². The molecule has 0 spiro atoms. The van der Waals surface area contributed by atoms with Crippen molar-refractivity contribution in [2.45, 2.75) is 65.0 Å². The summed E-state index contributed by atoms with van der Waals surface area (Å²) in [6, 6.07) is 8.66. The lowest BCUT2D eigenvalue weighted by Crippen LogP contribution is -2.51. The first-order chi connectivity index (χ1) is 19.3. The maximum atomic E-state index is 6.62. The minimum absolute atomic E-state index is 0.200. The molecule has 1 unspecified atom stereocenters. The molecule has 6 rings (SSSR count).